The molecule has 3 rings (SSSR count). The molecule has 0 bridgehead atoms. The minimum Gasteiger partial charge on any atom is -0.356 e. The number of hydrogen-bond acceptors (Lipinski definition) is 4. The Hall–Kier alpha value is -1.92. The quantitative estimate of drug-likeness (QED) is 0.802. The van der Waals surface area contributed by atoms with Crippen molar-refractivity contribution in [3.8, 4) is 0 Å². The molecule has 22 heavy (non-hydrogen) atoms. The molecule has 0 radical (unpaired) electrons. The standard InChI is InChI=1S/C8H14N2O2.C8H9NO/c1-5-2-3-7-10(5)8(11)6(9)4-12-7;10-7-9-6-8-4-2-1-3-5-8/h5-7H,2-4,9H2,1H3;1-5,7H,6H2,(H,9,10)/t5?,6-,7?;/m0./s1. The molecule has 2 heterocycles. The summed E-state index contributed by atoms with van der Waals surface area (Å²) in [7, 11) is 0. The number of benzene rings is 1. The van der Waals surface area contributed by atoms with Crippen LogP contribution in [0.1, 0.15) is 25.3 Å². The maximum absolute atomic E-state index is 11.5. The first-order valence-corrected chi connectivity index (χ1v) is 7.53. The largest absolute Gasteiger partial charge is 0.356 e. The minimum absolute atomic E-state index is 0.00676. The lowest BCUT2D eigenvalue weighted by molar-refractivity contribution is -0.160. The van der Waals surface area contributed by atoms with Crippen molar-refractivity contribution in [1.29, 1.82) is 0 Å². The highest BCUT2D eigenvalue weighted by Gasteiger charge is 2.40. The zero-order chi connectivity index (χ0) is 15.9. The number of hydrogen-bond donors (Lipinski definition) is 2. The summed E-state index contributed by atoms with van der Waals surface area (Å²) in [4.78, 5) is 23.2. The predicted octanol–water partition coefficient (Wildman–Crippen LogP) is 0.614. The topological polar surface area (TPSA) is 84.7 Å². The van der Waals surface area contributed by atoms with E-state index in [1.165, 1.54) is 0 Å². The maximum Gasteiger partial charge on any atom is 0.244 e. The van der Waals surface area contributed by atoms with Crippen molar-refractivity contribution in [2.75, 3.05) is 6.61 Å². The van der Waals surface area contributed by atoms with Gasteiger partial charge < -0.3 is 20.7 Å². The third-order valence-electron chi connectivity index (χ3n) is 3.89. The van der Waals surface area contributed by atoms with E-state index in [1.54, 1.807) is 4.90 Å². The van der Waals surface area contributed by atoms with Crippen LogP contribution in [0.3, 0.4) is 0 Å². The Morgan fingerprint density at radius 3 is 2.77 bits per heavy atom. The van der Waals surface area contributed by atoms with Gasteiger partial charge in [0.25, 0.3) is 0 Å². The monoisotopic (exact) mass is 305 g/mol. The van der Waals surface area contributed by atoms with E-state index in [2.05, 4.69) is 5.32 Å². The summed E-state index contributed by atoms with van der Waals surface area (Å²) in [5.74, 6) is 0.0521. The number of carbonyl (C=O) groups excluding carboxylic acids is 2. The molecule has 2 saturated heterocycles. The van der Waals surface area contributed by atoms with E-state index in [4.69, 9.17) is 10.5 Å². The van der Waals surface area contributed by atoms with E-state index in [9.17, 15) is 9.59 Å². The van der Waals surface area contributed by atoms with Crippen LogP contribution in [-0.4, -0.2) is 42.1 Å². The average Bonchev–Trinajstić information content (AvgIpc) is 2.92. The molecule has 0 saturated carbocycles. The number of carbonyl (C=O) groups is 2. The second-order valence-corrected chi connectivity index (χ2v) is 5.55. The Kier molecular flexibility index (Phi) is 5.91. The molecule has 0 aliphatic carbocycles. The van der Waals surface area contributed by atoms with Crippen LogP contribution >= 0.6 is 0 Å². The zero-order valence-corrected chi connectivity index (χ0v) is 12.8. The lowest BCUT2D eigenvalue weighted by Crippen LogP contribution is -2.56. The molecule has 6 heteroatoms. The number of amides is 2. The lowest BCUT2D eigenvalue weighted by Gasteiger charge is -2.35. The third-order valence-corrected chi connectivity index (χ3v) is 3.89. The first kappa shape index (κ1) is 16.5. The molecule has 3 N–H and O–H groups in total. The summed E-state index contributed by atoms with van der Waals surface area (Å²) in [5.41, 5.74) is 6.70. The Balaban J connectivity index is 0.000000164. The number of nitrogens with two attached hydrogens (primary N) is 1. The van der Waals surface area contributed by atoms with Gasteiger partial charge in [-0.1, -0.05) is 30.3 Å². The molecule has 3 atom stereocenters. The summed E-state index contributed by atoms with van der Waals surface area (Å²) in [6, 6.07) is 9.64. The van der Waals surface area contributed by atoms with Crippen molar-refractivity contribution < 1.29 is 14.3 Å². The first-order chi connectivity index (χ1) is 10.6. The highest BCUT2D eigenvalue weighted by atomic mass is 16.5. The molecule has 120 valence electrons. The highest BCUT2D eigenvalue weighted by Crippen LogP contribution is 2.27. The van der Waals surface area contributed by atoms with Crippen molar-refractivity contribution in [2.45, 2.75) is 44.6 Å². The fraction of sp³-hybridized carbons (Fsp3) is 0.500. The lowest BCUT2D eigenvalue weighted by atomic mass is 10.2. The summed E-state index contributed by atoms with van der Waals surface area (Å²) < 4.78 is 5.44. The van der Waals surface area contributed by atoms with Gasteiger partial charge in [-0.25, -0.2) is 0 Å². The van der Waals surface area contributed by atoms with E-state index in [0.717, 1.165) is 18.4 Å². The van der Waals surface area contributed by atoms with Crippen LogP contribution in [0, 0.1) is 0 Å². The van der Waals surface area contributed by atoms with Crippen molar-refractivity contribution >= 4 is 12.3 Å². The Morgan fingerprint density at radius 1 is 1.36 bits per heavy atom. The maximum atomic E-state index is 11.5. The molecule has 1 aromatic rings. The number of fused-ring (bicyclic) bond motifs is 1. The minimum atomic E-state index is -0.443. The van der Waals surface area contributed by atoms with Gasteiger partial charge in [-0.05, 0) is 25.3 Å². The predicted molar refractivity (Wildman–Crippen MR) is 82.6 cm³/mol. The number of rotatable bonds is 3. The van der Waals surface area contributed by atoms with Crippen LogP contribution in [-0.2, 0) is 20.9 Å². The highest BCUT2D eigenvalue weighted by molar-refractivity contribution is 5.83. The fourth-order valence-electron chi connectivity index (χ4n) is 2.70. The molecule has 2 unspecified atom stereocenters. The van der Waals surface area contributed by atoms with Gasteiger partial charge in [0, 0.05) is 12.6 Å². The van der Waals surface area contributed by atoms with Crippen molar-refractivity contribution in [1.82, 2.24) is 10.2 Å². The van der Waals surface area contributed by atoms with E-state index >= 15 is 0 Å². The third kappa shape index (κ3) is 4.05. The van der Waals surface area contributed by atoms with Gasteiger partial charge in [-0.2, -0.15) is 0 Å². The summed E-state index contributed by atoms with van der Waals surface area (Å²) in [6.45, 7) is 3.04. The number of ether oxygens (including phenoxy) is 1. The van der Waals surface area contributed by atoms with Crippen molar-refractivity contribution in [2.24, 2.45) is 5.73 Å². The smallest absolute Gasteiger partial charge is 0.244 e. The molecule has 6 nitrogen and oxygen atoms in total. The summed E-state index contributed by atoms with van der Waals surface area (Å²) in [5, 5.41) is 2.58. The number of nitrogens with one attached hydrogen (secondary N) is 1. The van der Waals surface area contributed by atoms with E-state index in [1.807, 2.05) is 37.3 Å². The van der Waals surface area contributed by atoms with Crippen LogP contribution in [0.2, 0.25) is 0 Å². The van der Waals surface area contributed by atoms with Crippen LogP contribution < -0.4 is 11.1 Å². The Labute approximate surface area is 130 Å². The summed E-state index contributed by atoms with van der Waals surface area (Å²) in [6.07, 6.45) is 2.70. The van der Waals surface area contributed by atoms with Crippen LogP contribution in [0.25, 0.3) is 0 Å². The first-order valence-electron chi connectivity index (χ1n) is 7.53. The molecular weight excluding hydrogens is 282 g/mol. The molecule has 2 fully saturated rings. The van der Waals surface area contributed by atoms with Crippen LogP contribution in [0.5, 0.6) is 0 Å². The van der Waals surface area contributed by atoms with Gasteiger partial charge in [0.2, 0.25) is 12.3 Å². The Morgan fingerprint density at radius 2 is 2.09 bits per heavy atom. The van der Waals surface area contributed by atoms with Gasteiger partial charge in [-0.3, -0.25) is 9.59 Å². The summed E-state index contributed by atoms with van der Waals surface area (Å²) >= 11 is 0. The molecule has 2 aliphatic heterocycles. The number of nitrogens with zero attached hydrogens (tertiary/aromatic N) is 1. The second-order valence-electron chi connectivity index (χ2n) is 5.55. The molecule has 2 aliphatic rings. The Bertz CT molecular complexity index is 495. The normalized spacial score (nSPS) is 26.7. The fourth-order valence-corrected chi connectivity index (χ4v) is 2.70. The van der Waals surface area contributed by atoms with Gasteiger partial charge in [0.15, 0.2) is 0 Å². The van der Waals surface area contributed by atoms with Crippen LogP contribution in [0.15, 0.2) is 30.3 Å². The van der Waals surface area contributed by atoms with E-state index in [-0.39, 0.29) is 12.1 Å². The van der Waals surface area contributed by atoms with Gasteiger partial charge in [0.1, 0.15) is 12.3 Å². The van der Waals surface area contributed by atoms with E-state index in [0.29, 0.717) is 25.6 Å². The molecule has 0 spiro atoms. The van der Waals surface area contributed by atoms with Gasteiger partial charge in [-0.15, -0.1) is 0 Å². The van der Waals surface area contributed by atoms with Crippen molar-refractivity contribution in [3.05, 3.63) is 35.9 Å². The SMILES string of the molecule is CC1CCC2OC[C@H](N)C(=O)N12.O=CNCc1ccccc1. The molecular formula is C16H23N3O3. The molecule has 1 aromatic carbocycles. The zero-order valence-electron chi connectivity index (χ0n) is 12.8. The van der Waals surface area contributed by atoms with Crippen LogP contribution in [0.4, 0.5) is 0 Å². The molecule has 0 aromatic heterocycles. The van der Waals surface area contributed by atoms with Crippen molar-refractivity contribution in [3.63, 3.8) is 0 Å². The average molecular weight is 305 g/mol. The van der Waals surface area contributed by atoms with Gasteiger partial charge >= 0.3 is 0 Å². The second kappa shape index (κ2) is 7.91. The van der Waals surface area contributed by atoms with E-state index < -0.39 is 6.04 Å². The van der Waals surface area contributed by atoms with Gasteiger partial charge in [0.05, 0.1) is 6.61 Å². The molecule has 2 amide bonds.